The third kappa shape index (κ3) is 3.70. The Morgan fingerprint density at radius 3 is 2.65 bits per heavy atom. The van der Waals surface area contributed by atoms with Crippen LogP contribution in [0.1, 0.15) is 34.5 Å². The SMILES string of the molecule is Cc1cc(C)n(CCCNCc2cccc(C)c2C)n1. The minimum Gasteiger partial charge on any atom is -0.313 e. The Balaban J connectivity index is 1.74. The third-order valence-corrected chi connectivity index (χ3v) is 3.86. The molecule has 20 heavy (non-hydrogen) atoms. The molecule has 1 aromatic carbocycles. The number of hydrogen-bond acceptors (Lipinski definition) is 2. The van der Waals surface area contributed by atoms with Crippen molar-refractivity contribution in [1.82, 2.24) is 15.1 Å². The van der Waals surface area contributed by atoms with Crippen molar-refractivity contribution in [1.29, 1.82) is 0 Å². The Labute approximate surface area is 122 Å². The fourth-order valence-corrected chi connectivity index (χ4v) is 2.48. The smallest absolute Gasteiger partial charge is 0.0596 e. The number of hydrogen-bond donors (Lipinski definition) is 1. The molecule has 2 aromatic rings. The first-order chi connectivity index (χ1) is 9.58. The van der Waals surface area contributed by atoms with E-state index < -0.39 is 0 Å². The largest absolute Gasteiger partial charge is 0.313 e. The average molecular weight is 271 g/mol. The van der Waals surface area contributed by atoms with Gasteiger partial charge in [0.25, 0.3) is 0 Å². The quantitative estimate of drug-likeness (QED) is 0.817. The maximum absolute atomic E-state index is 4.48. The monoisotopic (exact) mass is 271 g/mol. The van der Waals surface area contributed by atoms with Gasteiger partial charge in [-0.05, 0) is 63.4 Å². The van der Waals surface area contributed by atoms with Gasteiger partial charge in [-0.2, -0.15) is 5.10 Å². The predicted octanol–water partition coefficient (Wildman–Crippen LogP) is 3.30. The zero-order chi connectivity index (χ0) is 14.5. The van der Waals surface area contributed by atoms with Crippen LogP contribution in [0.2, 0.25) is 0 Å². The summed E-state index contributed by atoms with van der Waals surface area (Å²) in [6.45, 7) is 11.5. The van der Waals surface area contributed by atoms with Crippen molar-refractivity contribution in [3.8, 4) is 0 Å². The molecule has 0 saturated heterocycles. The second kappa shape index (κ2) is 6.71. The summed E-state index contributed by atoms with van der Waals surface area (Å²) in [6, 6.07) is 8.64. The van der Waals surface area contributed by atoms with Gasteiger partial charge in [-0.1, -0.05) is 18.2 Å². The topological polar surface area (TPSA) is 29.9 Å². The van der Waals surface area contributed by atoms with Crippen molar-refractivity contribution in [2.45, 2.75) is 47.2 Å². The molecule has 0 amide bonds. The maximum atomic E-state index is 4.48. The molecule has 0 aliphatic heterocycles. The van der Waals surface area contributed by atoms with Crippen LogP contribution in [0.25, 0.3) is 0 Å². The molecule has 0 spiro atoms. The highest BCUT2D eigenvalue weighted by Gasteiger charge is 2.01. The van der Waals surface area contributed by atoms with E-state index in [9.17, 15) is 0 Å². The number of aromatic nitrogens is 2. The molecule has 0 atom stereocenters. The van der Waals surface area contributed by atoms with Crippen molar-refractivity contribution in [2.24, 2.45) is 0 Å². The highest BCUT2D eigenvalue weighted by Crippen LogP contribution is 2.12. The molecular formula is C17H25N3. The summed E-state index contributed by atoms with van der Waals surface area (Å²) in [7, 11) is 0. The van der Waals surface area contributed by atoms with Crippen LogP contribution in [0.15, 0.2) is 24.3 Å². The molecule has 0 unspecified atom stereocenters. The van der Waals surface area contributed by atoms with Gasteiger partial charge >= 0.3 is 0 Å². The van der Waals surface area contributed by atoms with E-state index in [1.807, 2.05) is 6.92 Å². The summed E-state index contributed by atoms with van der Waals surface area (Å²) in [6.07, 6.45) is 1.10. The molecule has 108 valence electrons. The predicted molar refractivity (Wildman–Crippen MR) is 83.9 cm³/mol. The highest BCUT2D eigenvalue weighted by molar-refractivity contribution is 5.32. The van der Waals surface area contributed by atoms with Gasteiger partial charge in [-0.3, -0.25) is 4.68 Å². The van der Waals surface area contributed by atoms with Crippen molar-refractivity contribution >= 4 is 0 Å². The molecule has 0 aliphatic rings. The van der Waals surface area contributed by atoms with Crippen LogP contribution in [0, 0.1) is 27.7 Å². The Bertz CT molecular complexity index is 570. The van der Waals surface area contributed by atoms with Gasteiger partial charge in [0.05, 0.1) is 5.69 Å². The van der Waals surface area contributed by atoms with E-state index in [0.717, 1.165) is 31.7 Å². The lowest BCUT2D eigenvalue weighted by Gasteiger charge is -2.10. The molecule has 0 fully saturated rings. The first kappa shape index (κ1) is 14.8. The van der Waals surface area contributed by atoms with Crippen LogP contribution in [0.5, 0.6) is 0 Å². The van der Waals surface area contributed by atoms with Crippen molar-refractivity contribution in [3.63, 3.8) is 0 Å². The fourth-order valence-electron chi connectivity index (χ4n) is 2.48. The number of benzene rings is 1. The standard InChI is InChI=1S/C17H25N3/c1-13-7-5-8-17(16(13)4)12-18-9-6-10-20-15(3)11-14(2)19-20/h5,7-8,11,18H,6,9-10,12H2,1-4H3. The summed E-state index contributed by atoms with van der Waals surface area (Å²) in [5, 5.41) is 8.01. The summed E-state index contributed by atoms with van der Waals surface area (Å²) in [5.74, 6) is 0. The fraction of sp³-hybridized carbons (Fsp3) is 0.471. The van der Waals surface area contributed by atoms with Gasteiger partial charge in [0.1, 0.15) is 0 Å². The summed E-state index contributed by atoms with van der Waals surface area (Å²) >= 11 is 0. The van der Waals surface area contributed by atoms with E-state index >= 15 is 0 Å². The minimum atomic E-state index is 0.949. The molecule has 3 heteroatoms. The van der Waals surface area contributed by atoms with E-state index in [2.05, 4.69) is 60.1 Å². The normalized spacial score (nSPS) is 11.0. The maximum Gasteiger partial charge on any atom is 0.0596 e. The molecule has 0 aliphatic carbocycles. The van der Waals surface area contributed by atoms with Gasteiger partial charge in [-0.25, -0.2) is 0 Å². The highest BCUT2D eigenvalue weighted by atomic mass is 15.3. The second-order valence-corrected chi connectivity index (χ2v) is 5.54. The van der Waals surface area contributed by atoms with Gasteiger partial charge in [0, 0.05) is 18.8 Å². The molecular weight excluding hydrogens is 246 g/mol. The van der Waals surface area contributed by atoms with E-state index in [1.54, 1.807) is 0 Å². The number of nitrogens with zero attached hydrogens (tertiary/aromatic N) is 2. The Morgan fingerprint density at radius 1 is 1.15 bits per heavy atom. The number of rotatable bonds is 6. The summed E-state index contributed by atoms with van der Waals surface area (Å²) in [4.78, 5) is 0. The third-order valence-electron chi connectivity index (χ3n) is 3.86. The van der Waals surface area contributed by atoms with Gasteiger partial charge in [-0.15, -0.1) is 0 Å². The molecule has 2 rings (SSSR count). The van der Waals surface area contributed by atoms with Crippen LogP contribution in [-0.4, -0.2) is 16.3 Å². The van der Waals surface area contributed by atoms with Gasteiger partial charge in [0.2, 0.25) is 0 Å². The van der Waals surface area contributed by atoms with E-state index in [1.165, 1.54) is 22.4 Å². The lowest BCUT2D eigenvalue weighted by atomic mass is 10.0. The molecule has 0 bridgehead atoms. The average Bonchev–Trinajstić information content (AvgIpc) is 2.72. The van der Waals surface area contributed by atoms with Crippen molar-refractivity contribution in [3.05, 3.63) is 52.3 Å². The first-order valence-corrected chi connectivity index (χ1v) is 7.35. The van der Waals surface area contributed by atoms with Gasteiger partial charge in [0.15, 0.2) is 0 Å². The lowest BCUT2D eigenvalue weighted by molar-refractivity contribution is 0.531. The Hall–Kier alpha value is -1.61. The Kier molecular flexibility index (Phi) is 4.96. The van der Waals surface area contributed by atoms with Crippen LogP contribution in [0.4, 0.5) is 0 Å². The van der Waals surface area contributed by atoms with Crippen LogP contribution in [0.3, 0.4) is 0 Å². The van der Waals surface area contributed by atoms with E-state index in [4.69, 9.17) is 0 Å². The summed E-state index contributed by atoms with van der Waals surface area (Å²) in [5.41, 5.74) is 6.52. The van der Waals surface area contributed by atoms with E-state index in [0.29, 0.717) is 0 Å². The lowest BCUT2D eigenvalue weighted by Crippen LogP contribution is -2.18. The minimum absolute atomic E-state index is 0.949. The van der Waals surface area contributed by atoms with Crippen molar-refractivity contribution in [2.75, 3.05) is 6.54 Å². The molecule has 3 nitrogen and oxygen atoms in total. The molecule has 0 saturated carbocycles. The van der Waals surface area contributed by atoms with Crippen LogP contribution < -0.4 is 5.32 Å². The van der Waals surface area contributed by atoms with E-state index in [-0.39, 0.29) is 0 Å². The zero-order valence-electron chi connectivity index (χ0n) is 13.0. The molecule has 1 heterocycles. The number of nitrogens with one attached hydrogen (secondary N) is 1. The van der Waals surface area contributed by atoms with Crippen molar-refractivity contribution < 1.29 is 0 Å². The van der Waals surface area contributed by atoms with Crippen LogP contribution >= 0.6 is 0 Å². The molecule has 1 N–H and O–H groups in total. The zero-order valence-corrected chi connectivity index (χ0v) is 13.0. The number of aryl methyl sites for hydroxylation is 4. The first-order valence-electron chi connectivity index (χ1n) is 7.35. The van der Waals surface area contributed by atoms with Gasteiger partial charge < -0.3 is 5.32 Å². The van der Waals surface area contributed by atoms with Crippen LogP contribution in [-0.2, 0) is 13.1 Å². The molecule has 1 aromatic heterocycles. The molecule has 0 radical (unpaired) electrons. The summed E-state index contributed by atoms with van der Waals surface area (Å²) < 4.78 is 2.09. The Morgan fingerprint density at radius 2 is 1.95 bits per heavy atom. The second-order valence-electron chi connectivity index (χ2n) is 5.54.